The molecule has 1 amide bonds. The molecular weight excluding hydrogens is 578 g/mol. The zero-order valence-corrected chi connectivity index (χ0v) is 26.9. The number of hydrogen-bond acceptors (Lipinski definition) is 7. The number of nitrogens with one attached hydrogen (secondary N) is 2. The van der Waals surface area contributed by atoms with E-state index in [0.717, 1.165) is 68.4 Å². The molecule has 3 heterocycles. The summed E-state index contributed by atoms with van der Waals surface area (Å²) in [7, 11) is 4.79. The first-order valence-corrected chi connectivity index (χ1v) is 16.1. The van der Waals surface area contributed by atoms with Crippen molar-refractivity contribution in [3.63, 3.8) is 0 Å². The topological polar surface area (TPSA) is 97.0 Å². The Hall–Kier alpha value is -3.20. The van der Waals surface area contributed by atoms with Gasteiger partial charge in [0.2, 0.25) is 5.91 Å². The second-order valence-electron chi connectivity index (χ2n) is 12.3. The van der Waals surface area contributed by atoms with Crippen LogP contribution in [0.1, 0.15) is 63.0 Å². The molecule has 6 rings (SSSR count). The molecule has 44 heavy (non-hydrogen) atoms. The van der Waals surface area contributed by atoms with E-state index >= 15 is 0 Å². The summed E-state index contributed by atoms with van der Waals surface area (Å²) >= 11 is 6.20. The minimum atomic E-state index is -0.559. The number of ether oxygens (including phenoxy) is 2. The quantitative estimate of drug-likeness (QED) is 0.246. The largest absolute Gasteiger partial charge is 0.504 e. The molecule has 2 aromatic rings. The van der Waals surface area contributed by atoms with Crippen molar-refractivity contribution in [1.82, 2.24) is 10.2 Å². The lowest BCUT2D eigenvalue weighted by molar-refractivity contribution is -0.137. The maximum absolute atomic E-state index is 13.2. The predicted octanol–water partition coefficient (Wildman–Crippen LogP) is 5.60. The van der Waals surface area contributed by atoms with Crippen molar-refractivity contribution in [2.75, 3.05) is 39.7 Å². The zero-order chi connectivity index (χ0) is 31.5. The first kappa shape index (κ1) is 32.2. The fourth-order valence-corrected chi connectivity index (χ4v) is 8.44. The second-order valence-corrected chi connectivity index (χ2v) is 12.7. The molecule has 4 aliphatic rings. The van der Waals surface area contributed by atoms with E-state index in [2.05, 4.69) is 28.5 Å². The van der Waals surface area contributed by atoms with Crippen LogP contribution in [0, 0.1) is 11.8 Å². The standard InChI is InChI=1S/C22H28N2O4.C13H16ClNO/c1-4-14-12-24-10-9-22(17-7-5-6-8-18(17)23-21(22)26)19(24)11-15(14)16(13-27-2)20(25)28-3;1-15-13(9-5-4-8-12(13)16)10-6-2-3-7-11(10)14/h5-8,13-15,19H,4,9-12H2,1-3H3,(H,23,26);2-3,6-7,15H,4-5,8-9H2,1H3/b16-13+;/t14-,15-,19-,22+;/m0./s1. The molecule has 2 N–H and O–H groups in total. The van der Waals surface area contributed by atoms with Crippen LogP contribution in [0.25, 0.3) is 0 Å². The summed E-state index contributed by atoms with van der Waals surface area (Å²) < 4.78 is 10.3. The summed E-state index contributed by atoms with van der Waals surface area (Å²) in [5.74, 6) is 0.336. The summed E-state index contributed by atoms with van der Waals surface area (Å²) in [4.78, 5) is 40.3. The van der Waals surface area contributed by atoms with Gasteiger partial charge in [-0.3, -0.25) is 14.5 Å². The smallest absolute Gasteiger partial charge is 0.337 e. The second kappa shape index (κ2) is 13.4. The zero-order valence-electron chi connectivity index (χ0n) is 26.2. The molecule has 3 aliphatic heterocycles. The maximum Gasteiger partial charge on any atom is 0.337 e. The number of halogens is 1. The van der Waals surface area contributed by atoms with Gasteiger partial charge in [0, 0.05) is 29.7 Å². The first-order chi connectivity index (χ1) is 21.3. The van der Waals surface area contributed by atoms with Gasteiger partial charge in [0.25, 0.3) is 0 Å². The monoisotopic (exact) mass is 621 g/mol. The highest BCUT2D eigenvalue weighted by Gasteiger charge is 2.60. The fourth-order valence-electron chi connectivity index (χ4n) is 8.15. The molecule has 8 nitrogen and oxygen atoms in total. The molecular formula is C35H44ClN3O5. The minimum absolute atomic E-state index is 0.00851. The molecule has 2 saturated heterocycles. The van der Waals surface area contributed by atoms with Crippen LogP contribution in [0.5, 0.6) is 0 Å². The fraction of sp³-hybridized carbons (Fsp3) is 0.514. The minimum Gasteiger partial charge on any atom is -0.504 e. The number of para-hydroxylation sites is 1. The number of amides is 1. The maximum atomic E-state index is 13.2. The van der Waals surface area contributed by atoms with E-state index in [1.807, 2.05) is 49.5 Å². The highest BCUT2D eigenvalue weighted by Crippen LogP contribution is 2.53. The average molecular weight is 622 g/mol. The van der Waals surface area contributed by atoms with Gasteiger partial charge in [0.1, 0.15) is 5.54 Å². The number of rotatable bonds is 6. The molecule has 5 atom stereocenters. The van der Waals surface area contributed by atoms with Gasteiger partial charge in [-0.25, -0.2) is 4.79 Å². The number of carbonyl (C=O) groups is 3. The number of piperidine rings is 1. The van der Waals surface area contributed by atoms with Crippen LogP contribution in [-0.2, 0) is 34.8 Å². The summed E-state index contributed by atoms with van der Waals surface area (Å²) in [5, 5.41) is 6.96. The van der Waals surface area contributed by atoms with Crippen LogP contribution in [-0.4, -0.2) is 63.0 Å². The number of anilines is 1. The van der Waals surface area contributed by atoms with Gasteiger partial charge in [-0.05, 0) is 74.4 Å². The van der Waals surface area contributed by atoms with Gasteiger partial charge in [0.15, 0.2) is 5.78 Å². The SMILES string of the molecule is CC[C@H]1CN2CC[C@]3(C(=O)Nc4ccccc43)[C@@H]2C[C@@H]1/C(=C\OC)C(=O)OC.CNC1(c2ccccc2Cl)CCCCC1=O. The molecule has 1 unspecified atom stereocenters. The van der Waals surface area contributed by atoms with Crippen LogP contribution in [0.4, 0.5) is 5.69 Å². The van der Waals surface area contributed by atoms with Crippen molar-refractivity contribution < 1.29 is 23.9 Å². The molecule has 2 aromatic carbocycles. The van der Waals surface area contributed by atoms with Gasteiger partial charge >= 0.3 is 5.97 Å². The molecule has 1 aliphatic carbocycles. The number of nitrogens with zero attached hydrogens (tertiary/aromatic N) is 1. The van der Waals surface area contributed by atoms with E-state index in [1.165, 1.54) is 13.4 Å². The first-order valence-electron chi connectivity index (χ1n) is 15.7. The van der Waals surface area contributed by atoms with E-state index in [1.54, 1.807) is 7.11 Å². The van der Waals surface area contributed by atoms with Crippen molar-refractivity contribution in [2.24, 2.45) is 11.8 Å². The molecule has 1 spiro atoms. The Kier molecular flexibility index (Phi) is 9.83. The molecule has 1 saturated carbocycles. The van der Waals surface area contributed by atoms with Crippen LogP contribution < -0.4 is 10.6 Å². The van der Waals surface area contributed by atoms with Crippen LogP contribution in [0.15, 0.2) is 60.4 Å². The Morgan fingerprint density at radius 1 is 1.09 bits per heavy atom. The van der Waals surface area contributed by atoms with Crippen molar-refractivity contribution in [3.05, 3.63) is 76.5 Å². The number of hydrogen-bond donors (Lipinski definition) is 2. The highest BCUT2D eigenvalue weighted by molar-refractivity contribution is 6.31. The highest BCUT2D eigenvalue weighted by atomic mass is 35.5. The van der Waals surface area contributed by atoms with E-state index < -0.39 is 11.0 Å². The number of ketones is 1. The number of fused-ring (bicyclic) bond motifs is 4. The van der Waals surface area contributed by atoms with Crippen LogP contribution >= 0.6 is 11.6 Å². The average Bonchev–Trinajstić information content (AvgIpc) is 3.57. The van der Waals surface area contributed by atoms with Crippen LogP contribution in [0.3, 0.4) is 0 Å². The van der Waals surface area contributed by atoms with Crippen molar-refractivity contribution >= 4 is 34.9 Å². The third-order valence-corrected chi connectivity index (χ3v) is 10.7. The van der Waals surface area contributed by atoms with Crippen molar-refractivity contribution in [3.8, 4) is 0 Å². The summed E-state index contributed by atoms with van der Waals surface area (Å²) in [5.41, 5.74) is 2.41. The molecule has 9 heteroatoms. The Balaban J connectivity index is 0.000000204. The lowest BCUT2D eigenvalue weighted by atomic mass is 9.67. The summed E-state index contributed by atoms with van der Waals surface area (Å²) in [6.07, 6.45) is 7.58. The number of likely N-dealkylation sites (N-methyl/N-ethyl adjacent to an activating group) is 1. The third kappa shape index (κ3) is 5.46. The Morgan fingerprint density at radius 2 is 1.82 bits per heavy atom. The summed E-state index contributed by atoms with van der Waals surface area (Å²) in [6, 6.07) is 15.7. The number of benzene rings is 2. The van der Waals surface area contributed by atoms with Crippen molar-refractivity contribution in [2.45, 2.75) is 68.9 Å². The number of Topliss-reactive ketones (excluding diaryl/α,β-unsaturated/α-hetero) is 1. The molecule has 0 aromatic heterocycles. The molecule has 0 bridgehead atoms. The molecule has 236 valence electrons. The Morgan fingerprint density at radius 3 is 2.48 bits per heavy atom. The number of carbonyl (C=O) groups excluding carboxylic acids is 3. The lowest BCUT2D eigenvalue weighted by Crippen LogP contribution is -2.53. The Labute approximate surface area is 265 Å². The van der Waals surface area contributed by atoms with Gasteiger partial charge in [-0.2, -0.15) is 0 Å². The van der Waals surface area contributed by atoms with Crippen molar-refractivity contribution in [1.29, 1.82) is 0 Å². The van der Waals surface area contributed by atoms with E-state index in [4.69, 9.17) is 21.1 Å². The lowest BCUT2D eigenvalue weighted by Gasteiger charge is -2.45. The van der Waals surface area contributed by atoms with Crippen LogP contribution in [0.2, 0.25) is 5.02 Å². The third-order valence-electron chi connectivity index (χ3n) is 10.4. The molecule has 3 fully saturated rings. The Bertz CT molecular complexity index is 1430. The van der Waals surface area contributed by atoms with E-state index in [-0.39, 0.29) is 29.6 Å². The van der Waals surface area contributed by atoms with Gasteiger partial charge in [0.05, 0.1) is 31.5 Å². The predicted molar refractivity (Wildman–Crippen MR) is 171 cm³/mol. The van der Waals surface area contributed by atoms with Gasteiger partial charge in [-0.15, -0.1) is 0 Å². The van der Waals surface area contributed by atoms with E-state index in [9.17, 15) is 14.4 Å². The van der Waals surface area contributed by atoms with E-state index in [0.29, 0.717) is 22.9 Å². The normalized spacial score (nSPS) is 29.8. The number of esters is 1. The summed E-state index contributed by atoms with van der Waals surface area (Å²) in [6.45, 7) is 3.93. The molecule has 0 radical (unpaired) electrons. The van der Waals surface area contributed by atoms with Gasteiger partial charge < -0.3 is 20.1 Å². The van der Waals surface area contributed by atoms with Gasteiger partial charge in [-0.1, -0.05) is 67.8 Å². The number of methoxy groups -OCH3 is 2.